The second-order valence-electron chi connectivity index (χ2n) is 4.84. The molecule has 1 unspecified atom stereocenters. The molecule has 2 nitrogen and oxygen atoms in total. The van der Waals surface area contributed by atoms with Crippen molar-refractivity contribution in [2.24, 2.45) is 0 Å². The molecule has 1 N–H and O–H groups in total. The Hall–Kier alpha value is -1.87. The third kappa shape index (κ3) is 3.36. The fourth-order valence-corrected chi connectivity index (χ4v) is 2.07. The van der Waals surface area contributed by atoms with Crippen LogP contribution in [0.3, 0.4) is 0 Å². The number of ether oxygens (including phenoxy) is 1. The first kappa shape index (κ1) is 14.5. The summed E-state index contributed by atoms with van der Waals surface area (Å²) in [5.41, 5.74) is 1.77. The highest BCUT2D eigenvalue weighted by Crippen LogP contribution is 2.27. The highest BCUT2D eigenvalue weighted by atomic mass is 19.1. The van der Waals surface area contributed by atoms with E-state index in [9.17, 15) is 4.39 Å². The van der Waals surface area contributed by atoms with Crippen molar-refractivity contribution in [3.05, 3.63) is 59.4 Å². The van der Waals surface area contributed by atoms with Crippen molar-refractivity contribution in [2.75, 3.05) is 6.54 Å². The molecule has 0 radical (unpaired) electrons. The summed E-state index contributed by atoms with van der Waals surface area (Å²) in [4.78, 5) is 0. The number of halogens is 1. The molecule has 0 aromatic heterocycles. The van der Waals surface area contributed by atoms with Crippen LogP contribution >= 0.6 is 0 Å². The molecule has 1 atom stereocenters. The van der Waals surface area contributed by atoms with Crippen LogP contribution in [0.25, 0.3) is 0 Å². The van der Waals surface area contributed by atoms with Crippen molar-refractivity contribution in [1.82, 2.24) is 5.32 Å². The molecule has 3 heteroatoms. The van der Waals surface area contributed by atoms with Crippen LogP contribution < -0.4 is 10.1 Å². The van der Waals surface area contributed by atoms with E-state index < -0.39 is 0 Å². The van der Waals surface area contributed by atoms with E-state index in [1.165, 1.54) is 5.56 Å². The molecule has 0 heterocycles. The first-order valence-corrected chi connectivity index (χ1v) is 6.88. The molecule has 2 aromatic rings. The second kappa shape index (κ2) is 6.53. The Morgan fingerprint density at radius 2 is 1.85 bits per heavy atom. The van der Waals surface area contributed by atoms with Crippen molar-refractivity contribution in [3.8, 4) is 11.5 Å². The summed E-state index contributed by atoms with van der Waals surface area (Å²) in [6.07, 6.45) is 0. The Morgan fingerprint density at radius 1 is 1.15 bits per heavy atom. The maximum Gasteiger partial charge on any atom is 0.168 e. The van der Waals surface area contributed by atoms with E-state index in [1.807, 2.05) is 24.3 Å². The van der Waals surface area contributed by atoms with Crippen molar-refractivity contribution in [2.45, 2.75) is 26.8 Å². The van der Waals surface area contributed by atoms with Crippen LogP contribution in [-0.2, 0) is 0 Å². The highest BCUT2D eigenvalue weighted by molar-refractivity contribution is 5.36. The summed E-state index contributed by atoms with van der Waals surface area (Å²) >= 11 is 0. The molecule has 0 aliphatic rings. The van der Waals surface area contributed by atoms with Gasteiger partial charge in [-0.05, 0) is 49.7 Å². The fraction of sp³-hybridized carbons (Fsp3) is 0.294. The van der Waals surface area contributed by atoms with Crippen LogP contribution in [0.1, 0.15) is 31.0 Å². The number of hydrogen-bond acceptors (Lipinski definition) is 2. The number of rotatable bonds is 5. The van der Waals surface area contributed by atoms with Crippen LogP contribution in [0.4, 0.5) is 4.39 Å². The summed E-state index contributed by atoms with van der Waals surface area (Å²) in [6.45, 7) is 6.84. The molecule has 0 spiro atoms. The van der Waals surface area contributed by atoms with Crippen LogP contribution in [0.2, 0.25) is 0 Å². The quantitative estimate of drug-likeness (QED) is 0.859. The van der Waals surface area contributed by atoms with Gasteiger partial charge in [0, 0.05) is 6.04 Å². The van der Waals surface area contributed by atoms with E-state index in [0.717, 1.165) is 6.54 Å². The Balaban J connectivity index is 2.13. The normalized spacial score (nSPS) is 12.2. The predicted molar refractivity (Wildman–Crippen MR) is 79.7 cm³/mol. The Kier molecular flexibility index (Phi) is 4.74. The molecule has 0 aliphatic carbocycles. The van der Waals surface area contributed by atoms with Crippen molar-refractivity contribution in [3.63, 3.8) is 0 Å². The minimum absolute atomic E-state index is 0.262. The topological polar surface area (TPSA) is 21.3 Å². The minimum Gasteiger partial charge on any atom is -0.454 e. The van der Waals surface area contributed by atoms with Gasteiger partial charge in [-0.15, -0.1) is 0 Å². The first-order valence-electron chi connectivity index (χ1n) is 6.88. The third-order valence-electron chi connectivity index (χ3n) is 3.27. The van der Waals surface area contributed by atoms with E-state index in [0.29, 0.717) is 17.4 Å². The molecule has 2 aromatic carbocycles. The molecular formula is C17H20FNO. The zero-order chi connectivity index (χ0) is 14.5. The van der Waals surface area contributed by atoms with Gasteiger partial charge in [-0.1, -0.05) is 31.2 Å². The van der Waals surface area contributed by atoms with Gasteiger partial charge in [-0.3, -0.25) is 0 Å². The summed E-state index contributed by atoms with van der Waals surface area (Å²) in [5.74, 6) is 0.594. The van der Waals surface area contributed by atoms with Gasteiger partial charge >= 0.3 is 0 Å². The average Bonchev–Trinajstić information content (AvgIpc) is 2.45. The van der Waals surface area contributed by atoms with E-state index in [2.05, 4.69) is 19.2 Å². The fourth-order valence-electron chi connectivity index (χ4n) is 2.07. The van der Waals surface area contributed by atoms with E-state index in [1.54, 1.807) is 25.1 Å². The summed E-state index contributed by atoms with van der Waals surface area (Å²) in [6, 6.07) is 13.2. The Labute approximate surface area is 119 Å². The van der Waals surface area contributed by atoms with Gasteiger partial charge in [0.2, 0.25) is 0 Å². The van der Waals surface area contributed by atoms with Gasteiger partial charge in [0.05, 0.1) is 0 Å². The molecule has 0 bridgehead atoms. The number of hydrogen-bond donors (Lipinski definition) is 1. The summed E-state index contributed by atoms with van der Waals surface area (Å²) in [7, 11) is 0. The minimum atomic E-state index is -0.308. The standard InChI is InChI=1S/C17H20FNO/c1-4-19-13(3)14-8-10-15(11-9-14)20-16-7-5-6-12(2)17(16)18/h5-11,13,19H,4H2,1-3H3. The van der Waals surface area contributed by atoms with Crippen LogP contribution in [0.5, 0.6) is 11.5 Å². The highest BCUT2D eigenvalue weighted by Gasteiger charge is 2.08. The van der Waals surface area contributed by atoms with Gasteiger partial charge in [-0.2, -0.15) is 0 Å². The van der Waals surface area contributed by atoms with Crippen LogP contribution in [-0.4, -0.2) is 6.54 Å². The van der Waals surface area contributed by atoms with Gasteiger partial charge in [0.15, 0.2) is 11.6 Å². The van der Waals surface area contributed by atoms with Gasteiger partial charge in [-0.25, -0.2) is 4.39 Å². The SMILES string of the molecule is CCNC(C)c1ccc(Oc2cccc(C)c2F)cc1. The molecule has 0 fully saturated rings. The smallest absolute Gasteiger partial charge is 0.168 e. The Morgan fingerprint density at radius 3 is 2.50 bits per heavy atom. The lowest BCUT2D eigenvalue weighted by atomic mass is 10.1. The van der Waals surface area contributed by atoms with E-state index >= 15 is 0 Å². The molecular weight excluding hydrogens is 253 g/mol. The third-order valence-corrected chi connectivity index (χ3v) is 3.27. The predicted octanol–water partition coefficient (Wildman–Crippen LogP) is 4.60. The summed E-state index contributed by atoms with van der Waals surface area (Å²) < 4.78 is 19.4. The van der Waals surface area contributed by atoms with E-state index in [4.69, 9.17) is 4.74 Å². The van der Waals surface area contributed by atoms with E-state index in [-0.39, 0.29) is 11.6 Å². The molecule has 0 aliphatic heterocycles. The zero-order valence-electron chi connectivity index (χ0n) is 12.1. The average molecular weight is 273 g/mol. The first-order chi connectivity index (χ1) is 9.61. The van der Waals surface area contributed by atoms with Gasteiger partial charge in [0.1, 0.15) is 5.75 Å². The number of benzene rings is 2. The number of aryl methyl sites for hydroxylation is 1. The van der Waals surface area contributed by atoms with Gasteiger partial charge in [0.25, 0.3) is 0 Å². The zero-order valence-corrected chi connectivity index (χ0v) is 12.1. The molecule has 0 saturated carbocycles. The van der Waals surface area contributed by atoms with Gasteiger partial charge < -0.3 is 10.1 Å². The lowest BCUT2D eigenvalue weighted by Gasteiger charge is -2.13. The van der Waals surface area contributed by atoms with Crippen molar-refractivity contribution >= 4 is 0 Å². The monoisotopic (exact) mass is 273 g/mol. The van der Waals surface area contributed by atoms with Crippen LogP contribution in [0.15, 0.2) is 42.5 Å². The molecule has 2 rings (SSSR count). The largest absolute Gasteiger partial charge is 0.454 e. The summed E-state index contributed by atoms with van der Waals surface area (Å²) in [5, 5.41) is 3.35. The van der Waals surface area contributed by atoms with Crippen LogP contribution in [0, 0.1) is 12.7 Å². The molecule has 20 heavy (non-hydrogen) atoms. The molecule has 106 valence electrons. The lowest BCUT2D eigenvalue weighted by Crippen LogP contribution is -2.17. The molecule has 0 saturated heterocycles. The Bertz CT molecular complexity index is 566. The maximum absolute atomic E-state index is 13.9. The second-order valence-corrected chi connectivity index (χ2v) is 4.84. The maximum atomic E-state index is 13.9. The molecule has 0 amide bonds. The van der Waals surface area contributed by atoms with Crippen molar-refractivity contribution in [1.29, 1.82) is 0 Å². The number of nitrogens with one attached hydrogen (secondary N) is 1. The lowest BCUT2D eigenvalue weighted by molar-refractivity contribution is 0.439. The van der Waals surface area contributed by atoms with Crippen molar-refractivity contribution < 1.29 is 9.13 Å².